The van der Waals surface area contributed by atoms with Gasteiger partial charge < -0.3 is 19.9 Å². The van der Waals surface area contributed by atoms with Gasteiger partial charge in [0.05, 0.1) is 6.10 Å². The van der Waals surface area contributed by atoms with Crippen molar-refractivity contribution in [2.24, 2.45) is 0 Å². The van der Waals surface area contributed by atoms with E-state index in [9.17, 15) is 9.59 Å². The Morgan fingerprint density at radius 1 is 1.43 bits per heavy atom. The van der Waals surface area contributed by atoms with Gasteiger partial charge in [0.1, 0.15) is 11.8 Å². The Morgan fingerprint density at radius 2 is 2.14 bits per heavy atom. The first-order chi connectivity index (χ1) is 9.97. The molecule has 1 aromatic rings. The second-order valence-electron chi connectivity index (χ2n) is 5.04. The molecule has 114 valence electrons. The zero-order valence-corrected chi connectivity index (χ0v) is 11.9. The minimum absolute atomic E-state index is 0.0744. The van der Waals surface area contributed by atoms with Gasteiger partial charge in [0.2, 0.25) is 5.88 Å². The average molecular weight is 294 g/mol. The van der Waals surface area contributed by atoms with E-state index >= 15 is 0 Å². The fourth-order valence-electron chi connectivity index (χ4n) is 2.03. The molecule has 0 radical (unpaired) electrons. The number of nitrogens with zero attached hydrogens (tertiary/aromatic N) is 1. The molecule has 7 heteroatoms. The van der Waals surface area contributed by atoms with Crippen molar-refractivity contribution in [3.05, 3.63) is 18.3 Å². The van der Waals surface area contributed by atoms with Crippen molar-refractivity contribution in [2.75, 3.05) is 5.32 Å². The first kappa shape index (κ1) is 15.2. The van der Waals surface area contributed by atoms with Crippen molar-refractivity contribution in [3.8, 4) is 5.88 Å². The van der Waals surface area contributed by atoms with E-state index in [0.717, 1.165) is 0 Å². The van der Waals surface area contributed by atoms with Crippen LogP contribution in [-0.4, -0.2) is 40.3 Å². The van der Waals surface area contributed by atoms with Gasteiger partial charge in [0.25, 0.3) is 5.91 Å². The Bertz CT molecular complexity index is 532. The number of hydrogen-bond acceptors (Lipinski definition) is 5. The van der Waals surface area contributed by atoms with Crippen molar-refractivity contribution in [2.45, 2.75) is 45.0 Å². The van der Waals surface area contributed by atoms with Crippen molar-refractivity contribution in [1.82, 2.24) is 4.98 Å². The molecule has 0 aliphatic carbocycles. The standard InChI is InChI=1S/C14H18N2O5/c1-8(2)20-13-9(4-3-7-15-13)16-12(17)10-5-6-11(21-10)14(18)19/h3-4,7-8,10-11H,5-6H2,1-2H3,(H,16,17)(H,18,19). The highest BCUT2D eigenvalue weighted by molar-refractivity contribution is 5.95. The van der Waals surface area contributed by atoms with E-state index in [4.69, 9.17) is 14.6 Å². The molecule has 1 fully saturated rings. The van der Waals surface area contributed by atoms with Crippen LogP contribution in [0.3, 0.4) is 0 Å². The van der Waals surface area contributed by atoms with E-state index in [1.807, 2.05) is 13.8 Å². The third kappa shape index (κ3) is 3.91. The quantitative estimate of drug-likeness (QED) is 0.852. The van der Waals surface area contributed by atoms with Gasteiger partial charge >= 0.3 is 5.97 Å². The molecular weight excluding hydrogens is 276 g/mol. The maximum absolute atomic E-state index is 12.1. The molecule has 21 heavy (non-hydrogen) atoms. The highest BCUT2D eigenvalue weighted by Gasteiger charge is 2.35. The van der Waals surface area contributed by atoms with Crippen LogP contribution in [0.25, 0.3) is 0 Å². The van der Waals surface area contributed by atoms with E-state index in [1.54, 1.807) is 18.3 Å². The molecule has 1 amide bonds. The second kappa shape index (κ2) is 6.53. The number of rotatable bonds is 5. The number of anilines is 1. The topological polar surface area (TPSA) is 97.8 Å². The van der Waals surface area contributed by atoms with Gasteiger partial charge in [-0.05, 0) is 38.8 Å². The molecule has 1 aliphatic heterocycles. The van der Waals surface area contributed by atoms with E-state index in [-0.39, 0.29) is 12.0 Å². The Morgan fingerprint density at radius 3 is 2.76 bits per heavy atom. The summed E-state index contributed by atoms with van der Waals surface area (Å²) in [6.07, 6.45) is 0.521. The monoisotopic (exact) mass is 294 g/mol. The molecule has 0 aromatic carbocycles. The summed E-state index contributed by atoms with van der Waals surface area (Å²) in [4.78, 5) is 27.0. The summed E-state index contributed by atoms with van der Waals surface area (Å²) >= 11 is 0. The van der Waals surface area contributed by atoms with Crippen molar-refractivity contribution in [1.29, 1.82) is 0 Å². The maximum Gasteiger partial charge on any atom is 0.332 e. The number of ether oxygens (including phenoxy) is 2. The summed E-state index contributed by atoms with van der Waals surface area (Å²) in [5.41, 5.74) is 0.443. The molecule has 0 saturated carbocycles. The van der Waals surface area contributed by atoms with Crippen LogP contribution >= 0.6 is 0 Å². The van der Waals surface area contributed by atoms with E-state index in [0.29, 0.717) is 24.4 Å². The van der Waals surface area contributed by atoms with Crippen LogP contribution < -0.4 is 10.1 Å². The molecular formula is C14H18N2O5. The number of amides is 1. The van der Waals surface area contributed by atoms with Crippen molar-refractivity contribution >= 4 is 17.6 Å². The molecule has 2 rings (SSSR count). The van der Waals surface area contributed by atoms with Crippen LogP contribution in [0.15, 0.2) is 18.3 Å². The van der Waals surface area contributed by atoms with Crippen LogP contribution in [0.1, 0.15) is 26.7 Å². The lowest BCUT2D eigenvalue weighted by atomic mass is 10.2. The molecule has 1 aromatic heterocycles. The predicted molar refractivity (Wildman–Crippen MR) is 74.2 cm³/mol. The molecule has 2 N–H and O–H groups in total. The number of aliphatic carboxylic acids is 1. The minimum atomic E-state index is -1.05. The fraction of sp³-hybridized carbons (Fsp3) is 0.500. The number of pyridine rings is 1. The highest BCUT2D eigenvalue weighted by Crippen LogP contribution is 2.25. The maximum atomic E-state index is 12.1. The first-order valence-corrected chi connectivity index (χ1v) is 6.78. The smallest absolute Gasteiger partial charge is 0.332 e. The number of carbonyl (C=O) groups excluding carboxylic acids is 1. The molecule has 2 unspecified atom stereocenters. The number of carboxylic acid groups (broad SMARTS) is 1. The number of carbonyl (C=O) groups is 2. The zero-order chi connectivity index (χ0) is 15.4. The van der Waals surface area contributed by atoms with Gasteiger partial charge in [-0.25, -0.2) is 9.78 Å². The highest BCUT2D eigenvalue weighted by atomic mass is 16.5. The number of aromatic nitrogens is 1. The lowest BCUT2D eigenvalue weighted by molar-refractivity contribution is -0.150. The Kier molecular flexibility index (Phi) is 4.74. The second-order valence-corrected chi connectivity index (χ2v) is 5.04. The number of hydrogen-bond donors (Lipinski definition) is 2. The first-order valence-electron chi connectivity index (χ1n) is 6.78. The number of carboxylic acids is 1. The summed E-state index contributed by atoms with van der Waals surface area (Å²) in [5.74, 6) is -1.11. The Balaban J connectivity index is 2.02. The fourth-order valence-corrected chi connectivity index (χ4v) is 2.03. The normalized spacial score (nSPS) is 21.3. The van der Waals surface area contributed by atoms with Gasteiger partial charge in [-0.15, -0.1) is 0 Å². The lowest BCUT2D eigenvalue weighted by Gasteiger charge is -2.15. The summed E-state index contributed by atoms with van der Waals surface area (Å²) in [7, 11) is 0. The zero-order valence-electron chi connectivity index (χ0n) is 11.9. The van der Waals surface area contributed by atoms with Crippen molar-refractivity contribution in [3.63, 3.8) is 0 Å². The summed E-state index contributed by atoms with van der Waals surface area (Å²) in [6.45, 7) is 3.72. The van der Waals surface area contributed by atoms with E-state index in [2.05, 4.69) is 10.3 Å². The van der Waals surface area contributed by atoms with Gasteiger partial charge in [0.15, 0.2) is 6.10 Å². The molecule has 2 heterocycles. The van der Waals surface area contributed by atoms with Gasteiger partial charge in [-0.3, -0.25) is 4.79 Å². The van der Waals surface area contributed by atoms with Crippen LogP contribution in [0.4, 0.5) is 5.69 Å². The van der Waals surface area contributed by atoms with E-state index in [1.165, 1.54) is 0 Å². The van der Waals surface area contributed by atoms with Gasteiger partial charge in [0, 0.05) is 6.20 Å². The van der Waals surface area contributed by atoms with Gasteiger partial charge in [-0.2, -0.15) is 0 Å². The van der Waals surface area contributed by atoms with Crippen LogP contribution in [0.2, 0.25) is 0 Å². The predicted octanol–water partition coefficient (Wildman–Crippen LogP) is 1.44. The van der Waals surface area contributed by atoms with Gasteiger partial charge in [-0.1, -0.05) is 0 Å². The Hall–Kier alpha value is -2.15. The molecule has 0 bridgehead atoms. The van der Waals surface area contributed by atoms with Crippen LogP contribution in [0.5, 0.6) is 5.88 Å². The van der Waals surface area contributed by atoms with Crippen LogP contribution in [0, 0.1) is 0 Å². The average Bonchev–Trinajstić information content (AvgIpc) is 2.90. The largest absolute Gasteiger partial charge is 0.479 e. The minimum Gasteiger partial charge on any atom is -0.479 e. The summed E-state index contributed by atoms with van der Waals surface area (Å²) < 4.78 is 10.7. The van der Waals surface area contributed by atoms with E-state index < -0.39 is 18.2 Å². The van der Waals surface area contributed by atoms with Crippen molar-refractivity contribution < 1.29 is 24.2 Å². The lowest BCUT2D eigenvalue weighted by Crippen LogP contribution is -2.30. The SMILES string of the molecule is CC(C)Oc1ncccc1NC(=O)C1CCC(C(=O)O)O1. The molecule has 1 saturated heterocycles. The summed E-state index contributed by atoms with van der Waals surface area (Å²) in [5, 5.41) is 11.5. The van der Waals surface area contributed by atoms with Crippen LogP contribution in [-0.2, 0) is 14.3 Å². The number of nitrogens with one attached hydrogen (secondary N) is 1. The summed E-state index contributed by atoms with van der Waals surface area (Å²) in [6, 6.07) is 3.35. The molecule has 1 aliphatic rings. The molecule has 2 atom stereocenters. The molecule has 7 nitrogen and oxygen atoms in total. The third-order valence-corrected chi connectivity index (χ3v) is 2.96. The molecule has 0 spiro atoms. The Labute approximate surface area is 122 Å². The third-order valence-electron chi connectivity index (χ3n) is 2.96.